The second-order valence-corrected chi connectivity index (χ2v) is 3.51. The molecule has 5 nitrogen and oxygen atoms in total. The molecular formula is C10H12ClN3O2. The summed E-state index contributed by atoms with van der Waals surface area (Å²) in [6.07, 6.45) is 0. The maximum atomic E-state index is 11.4. The van der Waals surface area contributed by atoms with Gasteiger partial charge < -0.3 is 11.1 Å². The number of nitrogens with two attached hydrogens (primary N) is 1. The van der Waals surface area contributed by atoms with E-state index >= 15 is 0 Å². The Hall–Kier alpha value is -1.59. The Morgan fingerprint density at radius 3 is 2.56 bits per heavy atom. The third kappa shape index (κ3) is 4.29. The van der Waals surface area contributed by atoms with Crippen molar-refractivity contribution in [3.05, 3.63) is 29.3 Å². The number of hydrogen-bond acceptors (Lipinski definition) is 3. The lowest BCUT2D eigenvalue weighted by Crippen LogP contribution is -2.34. The van der Waals surface area contributed by atoms with Gasteiger partial charge in [-0.3, -0.25) is 14.9 Å². The maximum absolute atomic E-state index is 11.4. The van der Waals surface area contributed by atoms with Crippen LogP contribution in [0.5, 0.6) is 0 Å². The van der Waals surface area contributed by atoms with Crippen LogP contribution in [-0.4, -0.2) is 24.9 Å². The van der Waals surface area contributed by atoms with Gasteiger partial charge in [-0.25, -0.2) is 0 Å². The zero-order chi connectivity index (χ0) is 12.0. The average Bonchev–Trinajstić information content (AvgIpc) is 2.21. The lowest BCUT2D eigenvalue weighted by Gasteiger charge is -2.06. The molecule has 1 aromatic rings. The molecule has 16 heavy (non-hydrogen) atoms. The molecule has 0 fully saturated rings. The largest absolute Gasteiger partial charge is 0.369 e. The van der Waals surface area contributed by atoms with Crippen molar-refractivity contribution in [1.82, 2.24) is 5.32 Å². The lowest BCUT2D eigenvalue weighted by molar-refractivity contribution is -0.117. The fourth-order valence-corrected chi connectivity index (χ4v) is 1.24. The van der Waals surface area contributed by atoms with E-state index in [2.05, 4.69) is 10.6 Å². The molecule has 1 aromatic carbocycles. The number of carbonyl (C=O) groups excluding carboxylic acids is 2. The van der Waals surface area contributed by atoms with Crippen LogP contribution in [0.3, 0.4) is 0 Å². The highest BCUT2D eigenvalue weighted by molar-refractivity contribution is 6.33. The second kappa shape index (κ2) is 6.09. The van der Waals surface area contributed by atoms with Crippen molar-refractivity contribution in [2.24, 2.45) is 5.73 Å². The molecule has 4 N–H and O–H groups in total. The second-order valence-electron chi connectivity index (χ2n) is 3.10. The molecule has 0 bridgehead atoms. The number of nitrogens with one attached hydrogen (secondary N) is 2. The summed E-state index contributed by atoms with van der Waals surface area (Å²) in [5.74, 6) is -0.792. The Morgan fingerprint density at radius 1 is 1.25 bits per heavy atom. The topological polar surface area (TPSA) is 84.2 Å². The molecule has 0 saturated heterocycles. The van der Waals surface area contributed by atoms with E-state index in [-0.39, 0.29) is 19.0 Å². The summed E-state index contributed by atoms with van der Waals surface area (Å²) in [4.78, 5) is 21.8. The van der Waals surface area contributed by atoms with Crippen LogP contribution in [0.4, 0.5) is 5.69 Å². The first kappa shape index (κ1) is 12.5. The van der Waals surface area contributed by atoms with Crippen LogP contribution in [-0.2, 0) is 9.59 Å². The third-order valence-electron chi connectivity index (χ3n) is 1.73. The summed E-state index contributed by atoms with van der Waals surface area (Å²) in [5.41, 5.74) is 5.44. The van der Waals surface area contributed by atoms with E-state index < -0.39 is 5.91 Å². The minimum atomic E-state index is -0.509. The van der Waals surface area contributed by atoms with Crippen LogP contribution in [0.25, 0.3) is 0 Å². The molecule has 2 amide bonds. The van der Waals surface area contributed by atoms with Crippen molar-refractivity contribution >= 4 is 29.1 Å². The number of primary amides is 1. The van der Waals surface area contributed by atoms with Crippen molar-refractivity contribution in [1.29, 1.82) is 0 Å². The van der Waals surface area contributed by atoms with Gasteiger partial charge in [0.25, 0.3) is 0 Å². The number of benzene rings is 1. The standard InChI is InChI=1S/C10H12ClN3O2/c11-7-3-1-2-4-8(7)14-10(16)6-13-5-9(12)15/h1-4,13H,5-6H2,(H2,12,15)(H,14,16). The number of rotatable bonds is 5. The number of halogens is 1. The van der Waals surface area contributed by atoms with E-state index in [4.69, 9.17) is 17.3 Å². The first-order valence-electron chi connectivity index (χ1n) is 4.63. The Labute approximate surface area is 98.0 Å². The minimum absolute atomic E-state index is 0.00810. The van der Waals surface area contributed by atoms with E-state index in [1.165, 1.54) is 0 Å². The highest BCUT2D eigenvalue weighted by Gasteiger charge is 2.04. The number of para-hydroxylation sites is 1. The Kier molecular flexibility index (Phi) is 4.75. The normalized spacial score (nSPS) is 9.81. The predicted molar refractivity (Wildman–Crippen MR) is 62.1 cm³/mol. The summed E-state index contributed by atoms with van der Waals surface area (Å²) in [6, 6.07) is 6.89. The van der Waals surface area contributed by atoms with Gasteiger partial charge in [0.05, 0.1) is 23.8 Å². The maximum Gasteiger partial charge on any atom is 0.238 e. The van der Waals surface area contributed by atoms with Crippen LogP contribution in [0.2, 0.25) is 5.02 Å². The van der Waals surface area contributed by atoms with Crippen molar-refractivity contribution in [3.63, 3.8) is 0 Å². The van der Waals surface area contributed by atoms with Crippen molar-refractivity contribution < 1.29 is 9.59 Å². The summed E-state index contributed by atoms with van der Waals surface area (Å²) in [6.45, 7) is -0.0237. The van der Waals surface area contributed by atoms with Crippen molar-refractivity contribution in [2.45, 2.75) is 0 Å². The summed E-state index contributed by atoms with van der Waals surface area (Å²) in [5, 5.41) is 5.66. The average molecular weight is 242 g/mol. The Balaban J connectivity index is 2.40. The van der Waals surface area contributed by atoms with Gasteiger partial charge in [0, 0.05) is 0 Å². The molecule has 0 atom stereocenters. The lowest BCUT2D eigenvalue weighted by atomic mass is 10.3. The van der Waals surface area contributed by atoms with E-state index in [0.29, 0.717) is 10.7 Å². The van der Waals surface area contributed by atoms with Crippen LogP contribution in [0.1, 0.15) is 0 Å². The smallest absolute Gasteiger partial charge is 0.238 e. The quantitative estimate of drug-likeness (QED) is 0.696. The Bertz CT molecular complexity index is 395. The van der Waals surface area contributed by atoms with Gasteiger partial charge in [0.1, 0.15) is 0 Å². The first-order valence-corrected chi connectivity index (χ1v) is 5.01. The molecule has 1 rings (SSSR count). The van der Waals surface area contributed by atoms with Gasteiger partial charge >= 0.3 is 0 Å². The highest BCUT2D eigenvalue weighted by Crippen LogP contribution is 2.19. The molecule has 0 unspecified atom stereocenters. The van der Waals surface area contributed by atoms with Crippen LogP contribution >= 0.6 is 11.6 Å². The zero-order valence-corrected chi connectivity index (χ0v) is 9.25. The molecule has 0 saturated carbocycles. The van der Waals surface area contributed by atoms with Gasteiger partial charge in [-0.15, -0.1) is 0 Å². The third-order valence-corrected chi connectivity index (χ3v) is 2.06. The number of hydrogen-bond donors (Lipinski definition) is 3. The van der Waals surface area contributed by atoms with Crippen LogP contribution < -0.4 is 16.4 Å². The fourth-order valence-electron chi connectivity index (χ4n) is 1.06. The SMILES string of the molecule is NC(=O)CNCC(=O)Nc1ccccc1Cl. The zero-order valence-electron chi connectivity index (χ0n) is 8.50. The van der Waals surface area contributed by atoms with Gasteiger partial charge in [0.2, 0.25) is 11.8 Å². The number of amides is 2. The molecule has 0 radical (unpaired) electrons. The molecule has 0 aliphatic rings. The fraction of sp³-hybridized carbons (Fsp3) is 0.200. The van der Waals surface area contributed by atoms with Crippen LogP contribution in [0, 0.1) is 0 Å². The van der Waals surface area contributed by atoms with Gasteiger partial charge in [0.15, 0.2) is 0 Å². The molecule has 0 aliphatic carbocycles. The molecule has 0 aliphatic heterocycles. The van der Waals surface area contributed by atoms with E-state index in [0.717, 1.165) is 0 Å². The summed E-state index contributed by atoms with van der Waals surface area (Å²) >= 11 is 5.84. The molecule has 0 spiro atoms. The van der Waals surface area contributed by atoms with Crippen LogP contribution in [0.15, 0.2) is 24.3 Å². The molecular weight excluding hydrogens is 230 g/mol. The summed E-state index contributed by atoms with van der Waals surface area (Å²) in [7, 11) is 0. The van der Waals surface area contributed by atoms with Crippen molar-refractivity contribution in [2.75, 3.05) is 18.4 Å². The van der Waals surface area contributed by atoms with Gasteiger partial charge in [-0.2, -0.15) is 0 Å². The van der Waals surface area contributed by atoms with Gasteiger partial charge in [-0.1, -0.05) is 23.7 Å². The molecule has 0 aromatic heterocycles. The van der Waals surface area contributed by atoms with Gasteiger partial charge in [-0.05, 0) is 12.1 Å². The Morgan fingerprint density at radius 2 is 1.94 bits per heavy atom. The first-order chi connectivity index (χ1) is 7.59. The molecule has 6 heteroatoms. The number of carbonyl (C=O) groups is 2. The van der Waals surface area contributed by atoms with E-state index in [1.807, 2.05) is 0 Å². The summed E-state index contributed by atoms with van der Waals surface area (Å²) < 4.78 is 0. The van der Waals surface area contributed by atoms with E-state index in [9.17, 15) is 9.59 Å². The molecule has 86 valence electrons. The number of anilines is 1. The van der Waals surface area contributed by atoms with E-state index in [1.54, 1.807) is 24.3 Å². The minimum Gasteiger partial charge on any atom is -0.369 e. The predicted octanol–water partition coefficient (Wildman–Crippen LogP) is 0.353. The highest BCUT2D eigenvalue weighted by atomic mass is 35.5. The monoisotopic (exact) mass is 241 g/mol. The molecule has 0 heterocycles. The van der Waals surface area contributed by atoms with Crippen molar-refractivity contribution in [3.8, 4) is 0 Å².